The monoisotopic (exact) mass is 270 g/mol. The van der Waals surface area contributed by atoms with Crippen LogP contribution in [0.15, 0.2) is 24.3 Å². The highest BCUT2D eigenvalue weighted by atomic mass is 16.2. The van der Waals surface area contributed by atoms with Gasteiger partial charge in [0.05, 0.1) is 5.69 Å². The molecular formula is C15H18N4O. The Morgan fingerprint density at radius 1 is 1.35 bits per heavy atom. The fourth-order valence-electron chi connectivity index (χ4n) is 2.82. The second-order valence-corrected chi connectivity index (χ2v) is 5.19. The van der Waals surface area contributed by atoms with Crippen LogP contribution >= 0.6 is 0 Å². The van der Waals surface area contributed by atoms with E-state index < -0.39 is 0 Å². The number of fused-ring (bicyclic) bond motifs is 1. The lowest BCUT2D eigenvalue weighted by Crippen LogP contribution is -2.36. The molecule has 0 unspecified atom stereocenters. The number of carbonyl (C=O) groups is 1. The Morgan fingerprint density at radius 3 is 2.60 bits per heavy atom. The summed E-state index contributed by atoms with van der Waals surface area (Å²) >= 11 is 0. The number of rotatable bonds is 3. The fraction of sp³-hybridized carbons (Fsp3) is 0.400. The average molecular weight is 270 g/mol. The van der Waals surface area contributed by atoms with Crippen molar-refractivity contribution in [3.8, 4) is 0 Å². The molecular weight excluding hydrogens is 252 g/mol. The molecule has 1 amide bonds. The van der Waals surface area contributed by atoms with Crippen LogP contribution in [0.2, 0.25) is 0 Å². The summed E-state index contributed by atoms with van der Waals surface area (Å²) in [6, 6.07) is 8.52. The summed E-state index contributed by atoms with van der Waals surface area (Å²) < 4.78 is 1.65. The molecule has 0 aliphatic heterocycles. The fourth-order valence-corrected chi connectivity index (χ4v) is 2.82. The molecule has 0 spiro atoms. The number of amides is 1. The highest BCUT2D eigenvalue weighted by Gasteiger charge is 2.25. The van der Waals surface area contributed by atoms with Crippen molar-refractivity contribution in [3.63, 3.8) is 0 Å². The zero-order chi connectivity index (χ0) is 14.1. The molecule has 1 aliphatic carbocycles. The van der Waals surface area contributed by atoms with Crippen molar-refractivity contribution < 1.29 is 4.79 Å². The summed E-state index contributed by atoms with van der Waals surface area (Å²) in [6.07, 6.45) is 1.79. The Labute approximate surface area is 118 Å². The number of hydrogen-bond acceptors (Lipinski definition) is 3. The number of aryl methyl sites for hydroxylation is 2. The Bertz CT molecular complexity index is 622. The van der Waals surface area contributed by atoms with Crippen molar-refractivity contribution >= 4 is 5.91 Å². The summed E-state index contributed by atoms with van der Waals surface area (Å²) in [4.78, 5) is 12.4. The van der Waals surface area contributed by atoms with E-state index in [2.05, 4.69) is 27.8 Å². The van der Waals surface area contributed by atoms with Gasteiger partial charge in [0.1, 0.15) is 5.69 Å². The quantitative estimate of drug-likeness (QED) is 0.919. The van der Waals surface area contributed by atoms with E-state index in [0.29, 0.717) is 17.9 Å². The lowest BCUT2D eigenvalue weighted by Gasteiger charge is -2.12. The van der Waals surface area contributed by atoms with Crippen LogP contribution in [0.5, 0.6) is 0 Å². The summed E-state index contributed by atoms with van der Waals surface area (Å²) in [5.74, 6) is -0.0767. The van der Waals surface area contributed by atoms with Crippen molar-refractivity contribution in [2.75, 3.05) is 0 Å². The van der Waals surface area contributed by atoms with Crippen molar-refractivity contribution in [3.05, 3.63) is 46.8 Å². The molecule has 20 heavy (non-hydrogen) atoms. The first-order chi connectivity index (χ1) is 9.69. The maximum absolute atomic E-state index is 12.4. The van der Waals surface area contributed by atoms with Crippen LogP contribution in [0.4, 0.5) is 0 Å². The number of aromatic nitrogens is 3. The molecule has 5 nitrogen and oxygen atoms in total. The first kappa shape index (κ1) is 12.8. The van der Waals surface area contributed by atoms with Gasteiger partial charge in [-0.05, 0) is 37.8 Å². The number of carbonyl (C=O) groups excluding carboxylic acids is 1. The maximum Gasteiger partial charge on any atom is 0.271 e. The molecule has 2 aromatic rings. The number of nitrogens with zero attached hydrogens (tertiary/aromatic N) is 3. The topological polar surface area (TPSA) is 59.8 Å². The maximum atomic E-state index is 12.4. The van der Waals surface area contributed by atoms with Gasteiger partial charge < -0.3 is 5.32 Å². The summed E-state index contributed by atoms with van der Waals surface area (Å²) in [5.41, 5.74) is 3.91. The minimum Gasteiger partial charge on any atom is -0.347 e. The van der Waals surface area contributed by atoms with Gasteiger partial charge in [0.2, 0.25) is 0 Å². The van der Waals surface area contributed by atoms with Gasteiger partial charge in [-0.2, -0.15) is 0 Å². The molecule has 0 saturated heterocycles. The summed E-state index contributed by atoms with van der Waals surface area (Å²) in [7, 11) is 0. The molecule has 0 atom stereocenters. The zero-order valence-electron chi connectivity index (χ0n) is 11.8. The van der Waals surface area contributed by atoms with Gasteiger partial charge in [0.25, 0.3) is 5.91 Å². The van der Waals surface area contributed by atoms with Gasteiger partial charge in [-0.25, -0.2) is 4.68 Å². The van der Waals surface area contributed by atoms with Gasteiger partial charge in [-0.15, -0.1) is 5.10 Å². The minimum absolute atomic E-state index is 0.0767. The third kappa shape index (κ3) is 2.19. The molecule has 1 aromatic carbocycles. The van der Waals surface area contributed by atoms with Crippen molar-refractivity contribution in [2.45, 2.75) is 39.3 Å². The van der Waals surface area contributed by atoms with E-state index in [1.54, 1.807) is 4.68 Å². The molecule has 0 radical (unpaired) electrons. The van der Waals surface area contributed by atoms with Crippen LogP contribution in [0.3, 0.4) is 0 Å². The standard InChI is InChI=1S/C15H18N4O/c1-3-19-14(10(2)17-18-19)15(20)16-13-8-11-6-4-5-7-12(11)9-13/h4-7,13H,3,8-9H2,1-2H3,(H,16,20). The Balaban J connectivity index is 1.74. The Hall–Kier alpha value is -2.17. The third-order valence-electron chi connectivity index (χ3n) is 3.80. The molecule has 0 fully saturated rings. The van der Waals surface area contributed by atoms with Gasteiger partial charge in [-0.1, -0.05) is 29.5 Å². The third-order valence-corrected chi connectivity index (χ3v) is 3.80. The molecule has 3 rings (SSSR count). The minimum atomic E-state index is -0.0767. The van der Waals surface area contributed by atoms with Crippen molar-refractivity contribution in [1.82, 2.24) is 20.3 Å². The highest BCUT2D eigenvalue weighted by molar-refractivity contribution is 5.93. The largest absolute Gasteiger partial charge is 0.347 e. The molecule has 1 heterocycles. The molecule has 1 N–H and O–H groups in total. The van der Waals surface area contributed by atoms with Gasteiger partial charge in [0, 0.05) is 12.6 Å². The van der Waals surface area contributed by atoms with E-state index in [1.165, 1.54) is 11.1 Å². The predicted molar refractivity (Wildman–Crippen MR) is 75.5 cm³/mol. The molecule has 0 saturated carbocycles. The molecule has 5 heteroatoms. The molecule has 1 aromatic heterocycles. The van der Waals surface area contributed by atoms with E-state index >= 15 is 0 Å². The van der Waals surface area contributed by atoms with Crippen molar-refractivity contribution in [1.29, 1.82) is 0 Å². The van der Waals surface area contributed by atoms with Crippen LogP contribution in [0.1, 0.15) is 34.2 Å². The SMILES string of the molecule is CCn1nnc(C)c1C(=O)NC1Cc2ccccc2C1. The smallest absolute Gasteiger partial charge is 0.271 e. The first-order valence-corrected chi connectivity index (χ1v) is 6.96. The van der Waals surface area contributed by atoms with E-state index in [0.717, 1.165) is 12.8 Å². The van der Waals surface area contributed by atoms with Crippen LogP contribution < -0.4 is 5.32 Å². The van der Waals surface area contributed by atoms with E-state index in [-0.39, 0.29) is 11.9 Å². The lowest BCUT2D eigenvalue weighted by atomic mass is 10.1. The predicted octanol–water partition coefficient (Wildman–Crippen LogP) is 1.50. The summed E-state index contributed by atoms with van der Waals surface area (Å²) in [5, 5.41) is 11.1. The van der Waals surface area contributed by atoms with E-state index in [9.17, 15) is 4.79 Å². The second-order valence-electron chi connectivity index (χ2n) is 5.19. The van der Waals surface area contributed by atoms with Crippen LogP contribution in [-0.4, -0.2) is 26.9 Å². The van der Waals surface area contributed by atoms with E-state index in [4.69, 9.17) is 0 Å². The zero-order valence-corrected chi connectivity index (χ0v) is 11.8. The Morgan fingerprint density at radius 2 is 2.00 bits per heavy atom. The lowest BCUT2D eigenvalue weighted by molar-refractivity contribution is 0.0927. The molecule has 104 valence electrons. The molecule has 1 aliphatic rings. The molecule has 0 bridgehead atoms. The van der Waals surface area contributed by atoms with Gasteiger partial charge in [0.15, 0.2) is 0 Å². The Kier molecular flexibility index (Phi) is 3.26. The van der Waals surface area contributed by atoms with E-state index in [1.807, 2.05) is 26.0 Å². The van der Waals surface area contributed by atoms with Crippen LogP contribution in [-0.2, 0) is 19.4 Å². The number of hydrogen-bond donors (Lipinski definition) is 1. The second kappa shape index (κ2) is 5.07. The number of benzene rings is 1. The number of nitrogens with one attached hydrogen (secondary N) is 1. The highest BCUT2D eigenvalue weighted by Crippen LogP contribution is 2.22. The average Bonchev–Trinajstić information content (AvgIpc) is 3.00. The normalized spacial score (nSPS) is 14.3. The summed E-state index contributed by atoms with van der Waals surface area (Å²) in [6.45, 7) is 4.42. The van der Waals surface area contributed by atoms with Gasteiger partial charge >= 0.3 is 0 Å². The van der Waals surface area contributed by atoms with Gasteiger partial charge in [-0.3, -0.25) is 4.79 Å². The first-order valence-electron chi connectivity index (χ1n) is 6.96. The van der Waals surface area contributed by atoms with Crippen molar-refractivity contribution in [2.24, 2.45) is 0 Å². The van der Waals surface area contributed by atoms with Crippen LogP contribution in [0.25, 0.3) is 0 Å². The van der Waals surface area contributed by atoms with Crippen LogP contribution in [0, 0.1) is 6.92 Å².